The fourth-order valence-electron chi connectivity index (χ4n) is 3.23. The van der Waals surface area contributed by atoms with Crippen molar-refractivity contribution in [3.63, 3.8) is 0 Å². The number of imide groups is 1. The first-order chi connectivity index (χ1) is 10.9. The zero-order valence-electron chi connectivity index (χ0n) is 13.0. The first-order valence-electron chi connectivity index (χ1n) is 7.55. The van der Waals surface area contributed by atoms with Crippen LogP contribution in [0.5, 0.6) is 0 Å². The number of carbonyl (C=O) groups is 3. The lowest BCUT2D eigenvalue weighted by Gasteiger charge is -2.31. The molecule has 0 aromatic heterocycles. The van der Waals surface area contributed by atoms with Crippen LogP contribution < -0.4 is 10.6 Å². The Balaban J connectivity index is 1.87. The van der Waals surface area contributed by atoms with Gasteiger partial charge in [-0.1, -0.05) is 6.07 Å². The van der Waals surface area contributed by atoms with E-state index in [-0.39, 0.29) is 24.1 Å². The van der Waals surface area contributed by atoms with E-state index in [1.165, 1.54) is 6.92 Å². The maximum absolute atomic E-state index is 12.0. The molecule has 7 nitrogen and oxygen atoms in total. The Morgan fingerprint density at radius 1 is 1.39 bits per heavy atom. The maximum atomic E-state index is 12.0. The summed E-state index contributed by atoms with van der Waals surface area (Å²) in [5.41, 5.74) is 3.16. The SMILES string of the molecule is CC(=O)Nc1cc2c(cc1C)CN(C1CCC(=O)NC1=O)C2O. The van der Waals surface area contributed by atoms with Gasteiger partial charge in [0, 0.05) is 31.1 Å². The van der Waals surface area contributed by atoms with Crippen LogP contribution in [0.4, 0.5) is 5.69 Å². The molecule has 3 rings (SSSR count). The highest BCUT2D eigenvalue weighted by Gasteiger charge is 2.39. The summed E-state index contributed by atoms with van der Waals surface area (Å²) >= 11 is 0. The number of fused-ring (bicyclic) bond motifs is 1. The van der Waals surface area contributed by atoms with Gasteiger partial charge in [0.15, 0.2) is 0 Å². The topological polar surface area (TPSA) is 98.7 Å². The number of benzene rings is 1. The lowest BCUT2D eigenvalue weighted by molar-refractivity contribution is -0.141. The minimum Gasteiger partial charge on any atom is -0.374 e. The van der Waals surface area contributed by atoms with E-state index < -0.39 is 12.3 Å². The van der Waals surface area contributed by atoms with E-state index >= 15 is 0 Å². The highest BCUT2D eigenvalue weighted by atomic mass is 16.3. The van der Waals surface area contributed by atoms with Crippen molar-refractivity contribution in [3.8, 4) is 0 Å². The van der Waals surface area contributed by atoms with E-state index in [0.29, 0.717) is 24.2 Å². The standard InChI is InChI=1S/C16H19N3O4/c1-8-5-10-7-19(13-3-4-14(21)18-15(13)22)16(23)11(10)6-12(8)17-9(2)20/h5-6,13,16,23H,3-4,7H2,1-2H3,(H,17,20)(H,18,21,22). The second-order valence-corrected chi connectivity index (χ2v) is 6.06. The van der Waals surface area contributed by atoms with E-state index in [1.807, 2.05) is 13.0 Å². The summed E-state index contributed by atoms with van der Waals surface area (Å²) in [6.45, 7) is 3.75. The molecule has 0 spiro atoms. The Kier molecular flexibility index (Phi) is 3.91. The molecule has 3 amide bonds. The number of piperidine rings is 1. The zero-order chi connectivity index (χ0) is 16.7. The van der Waals surface area contributed by atoms with Crippen LogP contribution in [-0.2, 0) is 20.9 Å². The molecule has 1 saturated heterocycles. The number of aliphatic hydroxyl groups is 1. The first-order valence-corrected chi connectivity index (χ1v) is 7.55. The maximum Gasteiger partial charge on any atom is 0.244 e. The third kappa shape index (κ3) is 2.85. The average Bonchev–Trinajstić information content (AvgIpc) is 2.76. The number of hydrogen-bond donors (Lipinski definition) is 3. The van der Waals surface area contributed by atoms with Crippen molar-refractivity contribution in [1.82, 2.24) is 10.2 Å². The number of nitrogens with one attached hydrogen (secondary N) is 2. The van der Waals surface area contributed by atoms with Crippen LogP contribution in [0.15, 0.2) is 12.1 Å². The second kappa shape index (κ2) is 5.75. The molecule has 1 fully saturated rings. The molecule has 2 aliphatic rings. The van der Waals surface area contributed by atoms with Crippen LogP contribution in [0.1, 0.15) is 42.7 Å². The van der Waals surface area contributed by atoms with Gasteiger partial charge in [-0.2, -0.15) is 0 Å². The molecule has 122 valence electrons. The molecule has 2 unspecified atom stereocenters. The normalized spacial score (nSPS) is 24.3. The Hall–Kier alpha value is -2.25. The Labute approximate surface area is 133 Å². The van der Waals surface area contributed by atoms with E-state index in [2.05, 4.69) is 10.6 Å². The molecular formula is C16H19N3O4. The van der Waals surface area contributed by atoms with Gasteiger partial charge in [0.25, 0.3) is 0 Å². The van der Waals surface area contributed by atoms with E-state index in [0.717, 1.165) is 11.1 Å². The molecule has 2 aliphatic heterocycles. The van der Waals surface area contributed by atoms with Crippen LogP contribution in [0.25, 0.3) is 0 Å². The van der Waals surface area contributed by atoms with Gasteiger partial charge < -0.3 is 10.4 Å². The lowest BCUT2D eigenvalue weighted by atomic mass is 10.0. The van der Waals surface area contributed by atoms with Gasteiger partial charge in [-0.05, 0) is 30.5 Å². The molecule has 1 aromatic rings. The number of anilines is 1. The number of rotatable bonds is 2. The highest BCUT2D eigenvalue weighted by Crippen LogP contribution is 2.37. The molecular weight excluding hydrogens is 298 g/mol. The monoisotopic (exact) mass is 317 g/mol. The molecule has 2 heterocycles. The predicted octanol–water partition coefficient (Wildman–Crippen LogP) is 0.565. The molecule has 2 atom stereocenters. The summed E-state index contributed by atoms with van der Waals surface area (Å²) in [5.74, 6) is -0.823. The highest BCUT2D eigenvalue weighted by molar-refractivity contribution is 6.00. The molecule has 3 N–H and O–H groups in total. The summed E-state index contributed by atoms with van der Waals surface area (Å²) < 4.78 is 0. The smallest absolute Gasteiger partial charge is 0.244 e. The molecule has 7 heteroatoms. The third-order valence-corrected chi connectivity index (χ3v) is 4.35. The average molecular weight is 317 g/mol. The van der Waals surface area contributed by atoms with Crippen LogP contribution in [0.2, 0.25) is 0 Å². The van der Waals surface area contributed by atoms with Crippen molar-refractivity contribution < 1.29 is 19.5 Å². The Morgan fingerprint density at radius 2 is 2.13 bits per heavy atom. The van der Waals surface area contributed by atoms with Gasteiger partial charge >= 0.3 is 0 Å². The Bertz CT molecular complexity index is 701. The summed E-state index contributed by atoms with van der Waals surface area (Å²) in [5, 5.41) is 15.6. The molecule has 0 bridgehead atoms. The fraction of sp³-hybridized carbons (Fsp3) is 0.438. The lowest BCUT2D eigenvalue weighted by Crippen LogP contribution is -2.51. The molecule has 0 saturated carbocycles. The first kappa shape index (κ1) is 15.6. The van der Waals surface area contributed by atoms with Crippen molar-refractivity contribution in [1.29, 1.82) is 0 Å². The summed E-state index contributed by atoms with van der Waals surface area (Å²) in [7, 11) is 0. The van der Waals surface area contributed by atoms with Crippen LogP contribution >= 0.6 is 0 Å². The number of hydrogen-bond acceptors (Lipinski definition) is 5. The third-order valence-electron chi connectivity index (χ3n) is 4.35. The summed E-state index contributed by atoms with van der Waals surface area (Å²) in [6, 6.07) is 3.14. The minimum absolute atomic E-state index is 0.178. The Morgan fingerprint density at radius 3 is 2.78 bits per heavy atom. The molecule has 0 aliphatic carbocycles. The largest absolute Gasteiger partial charge is 0.374 e. The summed E-state index contributed by atoms with van der Waals surface area (Å²) in [4.78, 5) is 36.2. The zero-order valence-corrected chi connectivity index (χ0v) is 13.0. The number of amides is 3. The number of nitrogens with zero attached hydrogens (tertiary/aromatic N) is 1. The predicted molar refractivity (Wildman–Crippen MR) is 82.2 cm³/mol. The van der Waals surface area contributed by atoms with Gasteiger partial charge in [0.1, 0.15) is 6.23 Å². The van der Waals surface area contributed by atoms with Crippen molar-refractivity contribution in [2.24, 2.45) is 0 Å². The van der Waals surface area contributed by atoms with Crippen LogP contribution in [0.3, 0.4) is 0 Å². The van der Waals surface area contributed by atoms with Gasteiger partial charge in [-0.15, -0.1) is 0 Å². The second-order valence-electron chi connectivity index (χ2n) is 6.06. The van der Waals surface area contributed by atoms with Gasteiger partial charge in [0.2, 0.25) is 17.7 Å². The van der Waals surface area contributed by atoms with Crippen LogP contribution in [0, 0.1) is 6.92 Å². The van der Waals surface area contributed by atoms with E-state index in [4.69, 9.17) is 0 Å². The van der Waals surface area contributed by atoms with Gasteiger partial charge in [-0.3, -0.25) is 24.6 Å². The van der Waals surface area contributed by atoms with E-state index in [1.54, 1.807) is 11.0 Å². The van der Waals surface area contributed by atoms with Gasteiger partial charge in [0.05, 0.1) is 6.04 Å². The quantitative estimate of drug-likeness (QED) is 0.693. The number of aryl methyl sites for hydroxylation is 1. The number of carbonyl (C=O) groups excluding carboxylic acids is 3. The molecule has 1 aromatic carbocycles. The number of aliphatic hydroxyl groups excluding tert-OH is 1. The minimum atomic E-state index is -0.929. The van der Waals surface area contributed by atoms with Gasteiger partial charge in [-0.25, -0.2) is 0 Å². The fourth-order valence-corrected chi connectivity index (χ4v) is 3.23. The summed E-state index contributed by atoms with van der Waals surface area (Å²) in [6.07, 6.45) is -0.263. The van der Waals surface area contributed by atoms with Crippen molar-refractivity contribution in [3.05, 3.63) is 28.8 Å². The van der Waals surface area contributed by atoms with E-state index in [9.17, 15) is 19.5 Å². The van der Waals surface area contributed by atoms with Crippen molar-refractivity contribution in [2.75, 3.05) is 5.32 Å². The van der Waals surface area contributed by atoms with Crippen LogP contribution in [-0.4, -0.2) is 33.8 Å². The van der Waals surface area contributed by atoms with Crippen molar-refractivity contribution in [2.45, 2.75) is 45.5 Å². The molecule has 0 radical (unpaired) electrons. The molecule has 23 heavy (non-hydrogen) atoms. The van der Waals surface area contributed by atoms with Crippen molar-refractivity contribution >= 4 is 23.4 Å².